The first-order valence-corrected chi connectivity index (χ1v) is 12.1. The third-order valence-corrected chi connectivity index (χ3v) is 7.41. The minimum Gasteiger partial charge on any atom is -0.497 e. The van der Waals surface area contributed by atoms with Crippen LogP contribution in [0.2, 0.25) is 5.02 Å². The third kappa shape index (κ3) is 3.69. The second kappa shape index (κ2) is 8.53. The molecule has 1 aliphatic carbocycles. The molecule has 0 spiro atoms. The molecule has 0 unspecified atom stereocenters. The quantitative estimate of drug-likeness (QED) is 0.427. The summed E-state index contributed by atoms with van der Waals surface area (Å²) in [4.78, 5) is 32.1. The molecule has 0 radical (unpaired) electrons. The minimum absolute atomic E-state index is 0.0549. The van der Waals surface area contributed by atoms with Gasteiger partial charge >= 0.3 is 0 Å². The van der Waals surface area contributed by atoms with Crippen molar-refractivity contribution in [3.63, 3.8) is 0 Å². The zero-order valence-electron chi connectivity index (χ0n) is 19.1. The molecule has 3 aromatic rings. The molecule has 1 fully saturated rings. The highest BCUT2D eigenvalue weighted by Crippen LogP contribution is 2.41. The zero-order chi connectivity index (χ0) is 24.1. The molecule has 35 heavy (non-hydrogen) atoms. The number of aromatic nitrogens is 3. The Morgan fingerprint density at radius 2 is 1.57 bits per heavy atom. The maximum atomic E-state index is 13.1. The summed E-state index contributed by atoms with van der Waals surface area (Å²) in [5.74, 6) is 0.305. The molecule has 2 aliphatic heterocycles. The highest BCUT2D eigenvalue weighted by atomic mass is 35.5. The van der Waals surface area contributed by atoms with Gasteiger partial charge in [-0.1, -0.05) is 48.0 Å². The molecule has 6 rings (SSSR count). The predicted octanol–water partition coefficient (Wildman–Crippen LogP) is 4.54. The van der Waals surface area contributed by atoms with Gasteiger partial charge in [-0.2, -0.15) is 4.98 Å². The Kier molecular flexibility index (Phi) is 5.33. The topological polar surface area (TPSA) is 89.3 Å². The fourth-order valence-electron chi connectivity index (χ4n) is 5.28. The van der Waals surface area contributed by atoms with E-state index in [1.807, 2.05) is 60.7 Å². The lowest BCUT2D eigenvalue weighted by atomic mass is 9.85. The number of carbonyl (C=O) groups excluding carboxylic acids is 2. The van der Waals surface area contributed by atoms with E-state index in [2.05, 4.69) is 15.4 Å². The van der Waals surface area contributed by atoms with Crippen LogP contribution >= 0.6 is 11.6 Å². The van der Waals surface area contributed by atoms with Crippen molar-refractivity contribution < 1.29 is 14.3 Å². The van der Waals surface area contributed by atoms with Gasteiger partial charge in [0.1, 0.15) is 5.75 Å². The average Bonchev–Trinajstić information content (AvgIpc) is 3.42. The molecule has 0 bridgehead atoms. The van der Waals surface area contributed by atoms with E-state index in [1.165, 1.54) is 4.90 Å². The van der Waals surface area contributed by atoms with Crippen LogP contribution < -0.4 is 15.0 Å². The van der Waals surface area contributed by atoms with E-state index in [9.17, 15) is 9.59 Å². The van der Waals surface area contributed by atoms with E-state index in [1.54, 1.807) is 11.8 Å². The van der Waals surface area contributed by atoms with Gasteiger partial charge in [-0.3, -0.25) is 9.59 Å². The van der Waals surface area contributed by atoms with Crippen LogP contribution in [0.5, 0.6) is 5.75 Å². The van der Waals surface area contributed by atoms with Gasteiger partial charge in [0.15, 0.2) is 0 Å². The number of amides is 2. The molecular formula is C26H24ClN5O3. The number of allylic oxidation sites excluding steroid dienone is 2. The number of anilines is 2. The van der Waals surface area contributed by atoms with Crippen LogP contribution in [0.1, 0.15) is 42.5 Å². The Morgan fingerprint density at radius 3 is 2.20 bits per heavy atom. The lowest BCUT2D eigenvalue weighted by Crippen LogP contribution is -2.32. The molecule has 3 aliphatic rings. The second-order valence-electron chi connectivity index (χ2n) is 9.12. The first kappa shape index (κ1) is 21.9. The summed E-state index contributed by atoms with van der Waals surface area (Å²) in [6, 6.07) is 15.3. The lowest BCUT2D eigenvalue weighted by molar-refractivity contribution is -0.122. The average molecular weight is 490 g/mol. The number of carbonyl (C=O) groups is 2. The number of rotatable bonds is 4. The molecule has 1 N–H and O–H groups in total. The number of hydrogen-bond donors (Lipinski definition) is 1. The van der Waals surface area contributed by atoms with Crippen LogP contribution in [0.4, 0.5) is 11.9 Å². The minimum atomic E-state index is -0.333. The second-order valence-corrected chi connectivity index (χ2v) is 9.56. The van der Waals surface area contributed by atoms with Crippen molar-refractivity contribution in [2.45, 2.75) is 31.3 Å². The first-order chi connectivity index (χ1) is 17.0. The van der Waals surface area contributed by atoms with Gasteiger partial charge < -0.3 is 10.1 Å². The largest absolute Gasteiger partial charge is 0.497 e. The number of nitrogens with zero attached hydrogens (tertiary/aromatic N) is 4. The monoisotopic (exact) mass is 489 g/mol. The highest BCUT2D eigenvalue weighted by molar-refractivity contribution is 6.30. The van der Waals surface area contributed by atoms with Crippen molar-refractivity contribution in [1.29, 1.82) is 0 Å². The van der Waals surface area contributed by atoms with Crippen LogP contribution in [-0.4, -0.2) is 33.7 Å². The number of hydrogen-bond acceptors (Lipinski definition) is 6. The van der Waals surface area contributed by atoms with Crippen molar-refractivity contribution in [3.8, 4) is 5.75 Å². The number of benzene rings is 2. The van der Waals surface area contributed by atoms with Gasteiger partial charge in [0.05, 0.1) is 31.0 Å². The maximum Gasteiger partial charge on any atom is 0.260 e. The summed E-state index contributed by atoms with van der Waals surface area (Å²) in [7, 11) is 1.63. The van der Waals surface area contributed by atoms with Crippen LogP contribution in [0.25, 0.3) is 0 Å². The van der Waals surface area contributed by atoms with Crippen molar-refractivity contribution in [3.05, 3.63) is 76.8 Å². The molecule has 0 saturated carbocycles. The SMILES string of the molecule is COc1ccc([C@H]2C[C@H](c3ccc(Cl)cc3)Nc3nc(N4C(=O)[C@H]5CC=CC[C@@H]5C4=O)nn32)cc1. The fraction of sp³-hybridized carbons (Fsp3) is 0.308. The molecule has 1 aromatic heterocycles. The molecule has 178 valence electrons. The van der Waals surface area contributed by atoms with Gasteiger partial charge in [0.2, 0.25) is 17.8 Å². The van der Waals surface area contributed by atoms with Crippen LogP contribution in [0.15, 0.2) is 60.7 Å². The molecule has 9 heteroatoms. The zero-order valence-corrected chi connectivity index (χ0v) is 19.9. The summed E-state index contributed by atoms with van der Waals surface area (Å²) < 4.78 is 7.10. The number of methoxy groups -OCH3 is 1. The molecule has 1 saturated heterocycles. The summed E-state index contributed by atoms with van der Waals surface area (Å²) in [6.45, 7) is 0. The summed E-state index contributed by atoms with van der Waals surface area (Å²) in [6.07, 6.45) is 5.79. The summed E-state index contributed by atoms with van der Waals surface area (Å²) >= 11 is 6.11. The molecule has 4 atom stereocenters. The normalized spacial score (nSPS) is 25.3. The predicted molar refractivity (Wildman–Crippen MR) is 131 cm³/mol. The summed E-state index contributed by atoms with van der Waals surface area (Å²) in [5.41, 5.74) is 2.09. The Hall–Kier alpha value is -3.65. The molecule has 8 nitrogen and oxygen atoms in total. The van der Waals surface area contributed by atoms with E-state index >= 15 is 0 Å². The van der Waals surface area contributed by atoms with Gasteiger partial charge in [-0.25, -0.2) is 9.58 Å². The van der Waals surface area contributed by atoms with E-state index in [4.69, 9.17) is 16.3 Å². The van der Waals surface area contributed by atoms with E-state index < -0.39 is 0 Å². The Labute approximate surface area is 207 Å². The third-order valence-electron chi connectivity index (χ3n) is 7.16. The standard InChI is InChI=1S/C26H24ClN5O3/c1-35-18-12-8-16(9-13-18)22-14-21(15-6-10-17(27)11-7-15)28-25-29-26(30-32(22)25)31-23(33)19-4-2-3-5-20(19)24(31)34/h2-3,6-13,19-22H,4-5,14H2,1H3,(H,28,29,30)/t19-,20-,21+,22+/m0/s1. The van der Waals surface area contributed by atoms with Gasteiger partial charge in [0.25, 0.3) is 5.95 Å². The molecule has 2 aromatic carbocycles. The molecule has 2 amide bonds. The van der Waals surface area contributed by atoms with Crippen molar-refractivity contribution in [2.24, 2.45) is 11.8 Å². The highest BCUT2D eigenvalue weighted by Gasteiger charge is 2.50. The summed E-state index contributed by atoms with van der Waals surface area (Å²) in [5, 5.41) is 8.81. The van der Waals surface area contributed by atoms with E-state index in [-0.39, 0.29) is 41.7 Å². The Bertz CT molecular complexity index is 1290. The number of imide groups is 1. The van der Waals surface area contributed by atoms with Crippen molar-refractivity contribution in [2.75, 3.05) is 17.3 Å². The van der Waals surface area contributed by atoms with E-state index in [0.717, 1.165) is 16.9 Å². The Balaban J connectivity index is 1.39. The van der Waals surface area contributed by atoms with Gasteiger partial charge in [0, 0.05) is 5.02 Å². The van der Waals surface area contributed by atoms with E-state index in [0.29, 0.717) is 30.2 Å². The van der Waals surface area contributed by atoms with Crippen LogP contribution in [0, 0.1) is 11.8 Å². The Morgan fingerprint density at radius 1 is 0.943 bits per heavy atom. The lowest BCUT2D eigenvalue weighted by Gasteiger charge is -2.31. The van der Waals surface area contributed by atoms with Gasteiger partial charge in [-0.15, -0.1) is 5.10 Å². The first-order valence-electron chi connectivity index (χ1n) is 11.7. The molecule has 3 heterocycles. The number of nitrogens with one attached hydrogen (secondary N) is 1. The van der Waals surface area contributed by atoms with Crippen molar-refractivity contribution in [1.82, 2.24) is 14.8 Å². The molecular weight excluding hydrogens is 466 g/mol. The van der Waals surface area contributed by atoms with Crippen LogP contribution in [0.3, 0.4) is 0 Å². The smallest absolute Gasteiger partial charge is 0.260 e. The number of fused-ring (bicyclic) bond motifs is 2. The maximum absolute atomic E-state index is 13.1. The van der Waals surface area contributed by atoms with Gasteiger partial charge in [-0.05, 0) is 54.7 Å². The number of halogens is 1. The van der Waals surface area contributed by atoms with Crippen LogP contribution in [-0.2, 0) is 9.59 Å². The number of ether oxygens (including phenoxy) is 1. The van der Waals surface area contributed by atoms with Crippen molar-refractivity contribution >= 4 is 35.3 Å². The fourth-order valence-corrected chi connectivity index (χ4v) is 5.40.